The number of rotatable bonds is 8. The summed E-state index contributed by atoms with van der Waals surface area (Å²) in [6.07, 6.45) is 1.76. The molecule has 1 aromatic heterocycles. The second-order valence-corrected chi connectivity index (χ2v) is 5.52. The number of likely N-dealkylation sites (N-methyl/N-ethyl adjacent to an activating group) is 1. The lowest BCUT2D eigenvalue weighted by Crippen LogP contribution is -2.18. The van der Waals surface area contributed by atoms with Gasteiger partial charge in [0.15, 0.2) is 5.82 Å². The Morgan fingerprint density at radius 2 is 2.08 bits per heavy atom. The van der Waals surface area contributed by atoms with Crippen molar-refractivity contribution >= 4 is 17.9 Å². The summed E-state index contributed by atoms with van der Waals surface area (Å²) in [5.41, 5.74) is 5.15. The van der Waals surface area contributed by atoms with E-state index in [-0.39, 0.29) is 0 Å². The highest BCUT2D eigenvalue weighted by molar-refractivity contribution is 5.80. The molecule has 0 fully saturated rings. The van der Waals surface area contributed by atoms with Crippen LogP contribution in [0.25, 0.3) is 0 Å². The van der Waals surface area contributed by atoms with E-state index in [0.29, 0.717) is 18.4 Å². The van der Waals surface area contributed by atoms with Crippen molar-refractivity contribution in [2.24, 2.45) is 5.10 Å². The highest BCUT2D eigenvalue weighted by Gasteiger charge is 2.07. The molecule has 2 rings (SSSR count). The molecule has 1 aromatic carbocycles. The van der Waals surface area contributed by atoms with E-state index in [4.69, 9.17) is 4.74 Å². The molecule has 0 aliphatic rings. The zero-order valence-corrected chi connectivity index (χ0v) is 14.6. The maximum Gasteiger partial charge on any atom is 0.320 e. The Morgan fingerprint density at radius 3 is 2.79 bits per heavy atom. The number of hydrogen-bond donors (Lipinski definition) is 2. The number of nitrogens with one attached hydrogen (secondary N) is 2. The number of ether oxygens (including phenoxy) is 1. The van der Waals surface area contributed by atoms with Gasteiger partial charge in [-0.15, -0.1) is 0 Å². The molecule has 0 bridgehead atoms. The predicted molar refractivity (Wildman–Crippen MR) is 98.2 cm³/mol. The first-order valence-electron chi connectivity index (χ1n) is 7.78. The van der Waals surface area contributed by atoms with Crippen molar-refractivity contribution in [3.05, 3.63) is 41.5 Å². The van der Waals surface area contributed by atoms with E-state index >= 15 is 0 Å². The molecular weight excluding hydrogens is 304 g/mol. The predicted octanol–water partition coefficient (Wildman–Crippen LogP) is 1.90. The molecule has 0 saturated heterocycles. The van der Waals surface area contributed by atoms with Crippen molar-refractivity contribution in [1.29, 1.82) is 0 Å². The third-order valence-corrected chi connectivity index (χ3v) is 3.17. The van der Waals surface area contributed by atoms with Crippen LogP contribution in [-0.2, 0) is 0 Å². The van der Waals surface area contributed by atoms with Crippen LogP contribution in [0.4, 0.5) is 11.6 Å². The molecule has 128 valence electrons. The van der Waals surface area contributed by atoms with Crippen LogP contribution >= 0.6 is 0 Å². The molecule has 0 radical (unpaired) electrons. The van der Waals surface area contributed by atoms with Crippen LogP contribution in [0.15, 0.2) is 35.4 Å². The lowest BCUT2D eigenvalue weighted by molar-refractivity contribution is 0.294. The zero-order chi connectivity index (χ0) is 17.4. The molecule has 7 heteroatoms. The molecule has 7 nitrogen and oxygen atoms in total. The summed E-state index contributed by atoms with van der Waals surface area (Å²) < 4.78 is 5.55. The monoisotopic (exact) mass is 328 g/mol. The molecule has 0 aliphatic heterocycles. The van der Waals surface area contributed by atoms with Crippen molar-refractivity contribution < 1.29 is 4.74 Å². The molecule has 2 aromatic rings. The second kappa shape index (κ2) is 8.83. The standard InChI is InChI=1S/C17H24N6O/c1-13-6-5-7-14(10-13)12-19-22-15-11-16(23(3)4)21-17(20-15)24-9-8-18-2/h5-7,10-12,18H,8-9H2,1-4H3,(H,20,21,22). The largest absolute Gasteiger partial charge is 0.462 e. The van der Waals surface area contributed by atoms with Gasteiger partial charge in [0, 0.05) is 26.7 Å². The van der Waals surface area contributed by atoms with Gasteiger partial charge in [-0.25, -0.2) is 0 Å². The Balaban J connectivity index is 2.10. The van der Waals surface area contributed by atoms with Crippen LogP contribution in [0.3, 0.4) is 0 Å². The van der Waals surface area contributed by atoms with Gasteiger partial charge in [-0.3, -0.25) is 5.43 Å². The molecule has 0 spiro atoms. The maximum absolute atomic E-state index is 5.55. The van der Waals surface area contributed by atoms with Gasteiger partial charge in [0.05, 0.1) is 6.21 Å². The summed E-state index contributed by atoms with van der Waals surface area (Å²) in [4.78, 5) is 10.6. The molecule has 0 unspecified atom stereocenters. The summed E-state index contributed by atoms with van der Waals surface area (Å²) in [5.74, 6) is 1.33. The first-order chi connectivity index (χ1) is 11.6. The van der Waals surface area contributed by atoms with Gasteiger partial charge in [0.2, 0.25) is 0 Å². The topological polar surface area (TPSA) is 74.7 Å². The number of anilines is 2. The Morgan fingerprint density at radius 1 is 1.25 bits per heavy atom. The Labute approximate surface area is 142 Å². The SMILES string of the molecule is CNCCOc1nc(NN=Cc2cccc(C)c2)cc(N(C)C)n1. The van der Waals surface area contributed by atoms with Gasteiger partial charge in [-0.2, -0.15) is 15.1 Å². The van der Waals surface area contributed by atoms with Crippen molar-refractivity contribution in [2.45, 2.75) is 6.92 Å². The van der Waals surface area contributed by atoms with E-state index in [0.717, 1.165) is 17.9 Å². The van der Waals surface area contributed by atoms with E-state index in [1.807, 2.05) is 57.2 Å². The Bertz CT molecular complexity index is 687. The number of hydrazone groups is 1. The van der Waals surface area contributed by atoms with Crippen LogP contribution in [0.5, 0.6) is 6.01 Å². The average Bonchev–Trinajstić information content (AvgIpc) is 2.55. The average molecular weight is 328 g/mol. The summed E-state index contributed by atoms with van der Waals surface area (Å²) in [6, 6.07) is 10.2. The van der Waals surface area contributed by atoms with Crippen LogP contribution in [0.2, 0.25) is 0 Å². The van der Waals surface area contributed by atoms with E-state index in [1.165, 1.54) is 5.56 Å². The second-order valence-electron chi connectivity index (χ2n) is 5.52. The Kier molecular flexibility index (Phi) is 6.51. The quantitative estimate of drug-likeness (QED) is 0.438. The fourth-order valence-corrected chi connectivity index (χ4v) is 1.93. The van der Waals surface area contributed by atoms with E-state index in [2.05, 4.69) is 31.9 Å². The molecular formula is C17H24N6O. The fourth-order valence-electron chi connectivity index (χ4n) is 1.93. The van der Waals surface area contributed by atoms with Gasteiger partial charge in [0.25, 0.3) is 0 Å². The van der Waals surface area contributed by atoms with Crippen LogP contribution < -0.4 is 20.4 Å². The number of benzene rings is 1. The third kappa shape index (κ3) is 5.51. The summed E-state index contributed by atoms with van der Waals surface area (Å²) in [7, 11) is 5.70. The minimum Gasteiger partial charge on any atom is -0.462 e. The lowest BCUT2D eigenvalue weighted by Gasteiger charge is -2.14. The highest BCUT2D eigenvalue weighted by atomic mass is 16.5. The van der Waals surface area contributed by atoms with Crippen LogP contribution in [0.1, 0.15) is 11.1 Å². The fraction of sp³-hybridized carbons (Fsp3) is 0.353. The summed E-state index contributed by atoms with van der Waals surface area (Å²) in [6.45, 7) is 3.27. The van der Waals surface area contributed by atoms with E-state index in [9.17, 15) is 0 Å². The minimum atomic E-state index is 0.324. The molecule has 24 heavy (non-hydrogen) atoms. The van der Waals surface area contributed by atoms with Crippen molar-refractivity contribution in [2.75, 3.05) is 44.6 Å². The van der Waals surface area contributed by atoms with Gasteiger partial charge < -0.3 is 15.0 Å². The maximum atomic E-state index is 5.55. The van der Waals surface area contributed by atoms with Gasteiger partial charge in [-0.1, -0.05) is 29.8 Å². The molecule has 2 N–H and O–H groups in total. The zero-order valence-electron chi connectivity index (χ0n) is 14.6. The molecule has 1 heterocycles. The third-order valence-electron chi connectivity index (χ3n) is 3.17. The molecule has 0 amide bonds. The number of aromatic nitrogens is 2. The van der Waals surface area contributed by atoms with Crippen molar-refractivity contribution in [3.8, 4) is 6.01 Å². The van der Waals surface area contributed by atoms with Gasteiger partial charge >= 0.3 is 6.01 Å². The van der Waals surface area contributed by atoms with Gasteiger partial charge in [-0.05, 0) is 19.5 Å². The van der Waals surface area contributed by atoms with E-state index < -0.39 is 0 Å². The Hall–Kier alpha value is -2.67. The van der Waals surface area contributed by atoms with Gasteiger partial charge in [0.1, 0.15) is 12.4 Å². The number of aryl methyl sites for hydroxylation is 1. The lowest BCUT2D eigenvalue weighted by atomic mass is 10.2. The summed E-state index contributed by atoms with van der Waals surface area (Å²) in [5, 5.41) is 7.26. The first-order valence-corrected chi connectivity index (χ1v) is 7.78. The van der Waals surface area contributed by atoms with Crippen molar-refractivity contribution in [1.82, 2.24) is 15.3 Å². The number of nitrogens with zero attached hydrogens (tertiary/aromatic N) is 4. The van der Waals surface area contributed by atoms with Crippen molar-refractivity contribution in [3.63, 3.8) is 0 Å². The normalized spacial score (nSPS) is 10.8. The highest BCUT2D eigenvalue weighted by Crippen LogP contribution is 2.17. The molecule has 0 aliphatic carbocycles. The minimum absolute atomic E-state index is 0.324. The molecule has 0 atom stereocenters. The molecule has 0 saturated carbocycles. The number of hydrogen-bond acceptors (Lipinski definition) is 7. The van der Waals surface area contributed by atoms with Crippen LogP contribution in [-0.4, -0.2) is 50.5 Å². The first kappa shape index (κ1) is 17.7. The smallest absolute Gasteiger partial charge is 0.320 e. The van der Waals surface area contributed by atoms with E-state index in [1.54, 1.807) is 6.21 Å². The van der Waals surface area contributed by atoms with Crippen LogP contribution in [0, 0.1) is 6.92 Å². The summed E-state index contributed by atoms with van der Waals surface area (Å²) >= 11 is 0.